The van der Waals surface area contributed by atoms with Gasteiger partial charge in [-0.3, -0.25) is 0 Å². The Morgan fingerprint density at radius 1 is 0.286 bits per heavy atom. The zero-order valence-electron chi connectivity index (χ0n) is 57.7. The maximum absolute atomic E-state index is 11.5. The molecule has 2 heteroatoms. The Hall–Kier alpha value is -2.45. The van der Waals surface area contributed by atoms with Crippen molar-refractivity contribution in [3.8, 4) is 0 Å². The fraction of sp³-hybridized carbons (Fsp3) is 0.793. The Labute approximate surface area is 528 Å². The number of carbonyl (C=O) groups excluding carboxylic acids is 1. The van der Waals surface area contributed by atoms with Crippen LogP contribution in [0.1, 0.15) is 374 Å². The van der Waals surface area contributed by atoms with Gasteiger partial charge in [0, 0.05) is 12.5 Å². The molecule has 0 heterocycles. The smallest absolute Gasteiger partial charge is 0.123 e. The third kappa shape index (κ3) is 51.6. The lowest BCUT2D eigenvalue weighted by Crippen LogP contribution is -2.18. The van der Waals surface area contributed by atoms with Crippen LogP contribution in [0.4, 0.5) is 0 Å². The minimum Gasteiger partial charge on any atom is -0.309 e. The van der Waals surface area contributed by atoms with E-state index < -0.39 is 0 Å². The van der Waals surface area contributed by atoms with Gasteiger partial charge in [-0.2, -0.15) is 0 Å². The molecule has 0 spiro atoms. The largest absolute Gasteiger partial charge is 0.309 e. The summed E-state index contributed by atoms with van der Waals surface area (Å²) in [7, 11) is 4.54. The van der Waals surface area contributed by atoms with Crippen molar-refractivity contribution < 1.29 is 4.79 Å². The van der Waals surface area contributed by atoms with Crippen molar-refractivity contribution in [2.24, 2.45) is 22.7 Å². The van der Waals surface area contributed by atoms with Crippen LogP contribution in [0.3, 0.4) is 0 Å². The van der Waals surface area contributed by atoms with Crippen LogP contribution in [0.15, 0.2) is 97.2 Å². The first-order valence-corrected chi connectivity index (χ1v) is 37.7. The fourth-order valence-corrected chi connectivity index (χ4v) is 13.0. The van der Waals surface area contributed by atoms with Gasteiger partial charge in [-0.05, 0) is 198 Å². The van der Waals surface area contributed by atoms with Gasteiger partial charge in [-0.15, -0.1) is 0 Å². The van der Waals surface area contributed by atoms with Gasteiger partial charge in [-0.25, -0.2) is 0 Å². The van der Waals surface area contributed by atoms with E-state index in [2.05, 4.69) is 144 Å². The third-order valence-corrected chi connectivity index (χ3v) is 18.9. The highest BCUT2D eigenvalue weighted by atomic mass is 16.1. The van der Waals surface area contributed by atoms with E-state index in [1.54, 1.807) is 0 Å². The number of nitrogens with zero attached hydrogens (tertiary/aromatic N) is 1. The van der Waals surface area contributed by atoms with Crippen LogP contribution >= 0.6 is 0 Å². The average molecular weight is 1160 g/mol. The summed E-state index contributed by atoms with van der Waals surface area (Å²) in [4.78, 5) is 13.9. The van der Waals surface area contributed by atoms with E-state index in [4.69, 9.17) is 0 Å². The number of unbranched alkanes of at least 4 members (excludes halogenated alkanes) is 36. The summed E-state index contributed by atoms with van der Waals surface area (Å²) in [5.41, 5.74) is 1.10. The highest BCUT2D eigenvalue weighted by molar-refractivity contribution is 5.60. The molecule has 2 fully saturated rings. The predicted octanol–water partition coefficient (Wildman–Crippen LogP) is 27.6. The zero-order chi connectivity index (χ0) is 60.6. The van der Waals surface area contributed by atoms with E-state index >= 15 is 0 Å². The molecule has 2 nitrogen and oxygen atoms in total. The summed E-state index contributed by atoms with van der Waals surface area (Å²) in [5, 5.41) is 0. The summed E-state index contributed by atoms with van der Waals surface area (Å²) < 4.78 is 0. The molecule has 0 radical (unpaired) electrons. The first kappa shape index (κ1) is 79.6. The molecular formula is C82H147NO. The van der Waals surface area contributed by atoms with Crippen molar-refractivity contribution in [3.63, 3.8) is 0 Å². The Kier molecular flexibility index (Phi) is 58.9. The molecule has 0 N–H and O–H groups in total. The molecule has 2 aliphatic rings. The van der Waals surface area contributed by atoms with E-state index in [9.17, 15) is 4.79 Å². The summed E-state index contributed by atoms with van der Waals surface area (Å²) in [6.07, 6.45) is 111. The summed E-state index contributed by atoms with van der Waals surface area (Å²) in [6.45, 7) is 10.4. The molecule has 0 aliphatic heterocycles. The number of carbonyl (C=O) groups is 1. The van der Waals surface area contributed by atoms with Gasteiger partial charge < -0.3 is 9.69 Å². The van der Waals surface area contributed by atoms with E-state index in [0.717, 1.165) is 31.6 Å². The van der Waals surface area contributed by atoms with Gasteiger partial charge in [0.05, 0.1) is 0 Å². The average Bonchev–Trinajstić information content (AvgIpc) is 3.32. The Morgan fingerprint density at radius 2 is 0.512 bits per heavy atom. The van der Waals surface area contributed by atoms with E-state index in [0.29, 0.717) is 16.7 Å². The molecular weight excluding hydrogens is 1010 g/mol. The number of hydrogen-bond donors (Lipinski definition) is 0. The first-order valence-electron chi connectivity index (χ1n) is 37.7. The number of hydrogen-bond acceptors (Lipinski definition) is 2. The maximum Gasteiger partial charge on any atom is 0.123 e. The number of aldehydes is 1. The standard InChI is InChI=1S/C42H77N.C40H70O/c1-5-7-9-11-13-15-17-19-21-23-25-27-29-31-33-35-37-42(39-41(42)40-43(3)4)38-36-34-32-30-28-26-24-22-20-18-16-14-12-10-8-6-2;1-3-5-7-9-11-13-15-17-19-21-23-25-27-29-31-33-35-40(37-39(40)38-41)36-34-32-30-28-26-24-22-20-18-16-14-12-10-8-6-4-2/h13-16,19-22,41H,5-12,17-18,23-40H2,1-4H3;11-14,17-20,38-39H,3-10,15-16,21-37H2,1-2H3/b15-13-,16-14-,21-19-,22-20-;13-11-,14-12-,19-17-,20-18-. The van der Waals surface area contributed by atoms with Crippen LogP contribution in [-0.2, 0) is 4.79 Å². The van der Waals surface area contributed by atoms with Gasteiger partial charge in [0.25, 0.3) is 0 Å². The maximum atomic E-state index is 11.5. The molecule has 0 saturated heterocycles. The molecule has 2 saturated carbocycles. The molecule has 2 atom stereocenters. The van der Waals surface area contributed by atoms with Crippen LogP contribution in [0, 0.1) is 22.7 Å². The van der Waals surface area contributed by atoms with Crippen LogP contribution in [0.5, 0.6) is 0 Å². The minimum absolute atomic E-state index is 0.374. The molecule has 2 unspecified atom stereocenters. The Balaban J connectivity index is 0.000000841. The molecule has 84 heavy (non-hydrogen) atoms. The Bertz CT molecular complexity index is 1520. The second kappa shape index (κ2) is 62.2. The summed E-state index contributed by atoms with van der Waals surface area (Å²) in [5.74, 6) is 1.34. The SMILES string of the molecule is CCCCC/C=C\C/C=C\CCCCCCCCC1(CCCCCCCC/C=C\C/C=C\CCCCC)CC1C=O.CCCCC/C=C\C/C=C\CCCCCCCCC1(CCCCCCCC/C=C\C/C=C\CCCCC)CC1CN(C)C. The monoisotopic (exact) mass is 1160 g/mol. The van der Waals surface area contributed by atoms with Gasteiger partial charge in [0.2, 0.25) is 0 Å². The first-order chi connectivity index (χ1) is 41.4. The lowest BCUT2D eigenvalue weighted by molar-refractivity contribution is -0.109. The molecule has 0 bridgehead atoms. The second-order valence-electron chi connectivity index (χ2n) is 27.2. The van der Waals surface area contributed by atoms with Crippen molar-refractivity contribution in [1.29, 1.82) is 0 Å². The fourth-order valence-electron chi connectivity index (χ4n) is 13.0. The van der Waals surface area contributed by atoms with Gasteiger partial charge >= 0.3 is 0 Å². The van der Waals surface area contributed by atoms with Crippen LogP contribution < -0.4 is 0 Å². The number of rotatable bonds is 63. The summed E-state index contributed by atoms with van der Waals surface area (Å²) in [6, 6.07) is 0. The van der Waals surface area contributed by atoms with Gasteiger partial charge in [0.15, 0.2) is 0 Å². The molecule has 0 aromatic heterocycles. The Morgan fingerprint density at radius 3 is 0.738 bits per heavy atom. The van der Waals surface area contributed by atoms with E-state index in [1.807, 2.05) is 0 Å². The van der Waals surface area contributed by atoms with Gasteiger partial charge in [0.1, 0.15) is 6.29 Å². The molecule has 0 aromatic carbocycles. The number of allylic oxidation sites excluding steroid dienone is 16. The van der Waals surface area contributed by atoms with Crippen molar-refractivity contribution in [3.05, 3.63) is 97.2 Å². The van der Waals surface area contributed by atoms with Crippen LogP contribution in [0.25, 0.3) is 0 Å². The highest BCUT2D eigenvalue weighted by Gasteiger charge is 2.53. The topological polar surface area (TPSA) is 20.3 Å². The second-order valence-corrected chi connectivity index (χ2v) is 27.2. The third-order valence-electron chi connectivity index (χ3n) is 18.9. The normalized spacial score (nSPS) is 16.7. The van der Waals surface area contributed by atoms with E-state index in [-0.39, 0.29) is 0 Å². The highest BCUT2D eigenvalue weighted by Crippen LogP contribution is 2.60. The predicted molar refractivity (Wildman–Crippen MR) is 382 cm³/mol. The molecule has 486 valence electrons. The summed E-state index contributed by atoms with van der Waals surface area (Å²) >= 11 is 0. The van der Waals surface area contributed by atoms with Crippen LogP contribution in [-0.4, -0.2) is 31.8 Å². The van der Waals surface area contributed by atoms with E-state index in [1.165, 1.54) is 334 Å². The molecule has 0 aromatic rings. The molecule has 2 aliphatic carbocycles. The lowest BCUT2D eigenvalue weighted by atomic mass is 9.89. The quantitative estimate of drug-likeness (QED) is 0.0344. The van der Waals surface area contributed by atoms with Crippen molar-refractivity contribution in [2.75, 3.05) is 20.6 Å². The lowest BCUT2D eigenvalue weighted by Gasteiger charge is -2.19. The molecule has 0 amide bonds. The van der Waals surface area contributed by atoms with Crippen molar-refractivity contribution in [1.82, 2.24) is 4.90 Å². The zero-order valence-corrected chi connectivity index (χ0v) is 57.7. The minimum atomic E-state index is 0.374. The van der Waals surface area contributed by atoms with Crippen molar-refractivity contribution >= 4 is 6.29 Å². The molecule has 2 rings (SSSR count). The van der Waals surface area contributed by atoms with Gasteiger partial charge in [-0.1, -0.05) is 305 Å². The van der Waals surface area contributed by atoms with Crippen molar-refractivity contribution in [2.45, 2.75) is 374 Å². The van der Waals surface area contributed by atoms with Crippen LogP contribution in [0.2, 0.25) is 0 Å².